The molecule has 0 aromatic rings. The number of piperidine rings is 1. The number of carbonyl (C=O) groups is 2. The maximum absolute atomic E-state index is 12.2. The van der Waals surface area contributed by atoms with Gasteiger partial charge in [-0.25, -0.2) is 13.2 Å². The minimum Gasteiger partial charge on any atom is -0.361 e. The van der Waals surface area contributed by atoms with Gasteiger partial charge in [0.2, 0.25) is 15.9 Å². The Hall–Kier alpha value is -1.40. The second-order valence-corrected chi connectivity index (χ2v) is 7.16. The largest absolute Gasteiger partial charge is 0.492 e. The molecule has 1 aliphatic heterocycles. The van der Waals surface area contributed by atoms with Crippen molar-refractivity contribution in [2.24, 2.45) is 0 Å². The zero-order valence-corrected chi connectivity index (χ0v) is 13.6. The minimum absolute atomic E-state index is 0.124. The van der Waals surface area contributed by atoms with Crippen LogP contribution in [0.15, 0.2) is 0 Å². The number of nitrogens with zero attached hydrogens (tertiary/aromatic N) is 2. The predicted octanol–water partition coefficient (Wildman–Crippen LogP) is -0.521. The average molecular weight is 361 g/mol. The molecule has 0 radical (unpaired) electrons. The van der Waals surface area contributed by atoms with Gasteiger partial charge in [0.1, 0.15) is 5.54 Å². The van der Waals surface area contributed by atoms with E-state index in [1.165, 1.54) is 14.1 Å². The van der Waals surface area contributed by atoms with Gasteiger partial charge in [0, 0.05) is 27.2 Å². The van der Waals surface area contributed by atoms with Gasteiger partial charge in [-0.15, -0.1) is 5.06 Å². The molecule has 1 N–H and O–H groups in total. The Morgan fingerprint density at radius 1 is 1.26 bits per heavy atom. The van der Waals surface area contributed by atoms with Crippen LogP contribution in [0.5, 0.6) is 0 Å². The van der Waals surface area contributed by atoms with Crippen molar-refractivity contribution in [3.63, 3.8) is 0 Å². The molecule has 0 aliphatic carbocycles. The lowest BCUT2D eigenvalue weighted by molar-refractivity contribution is -0.243. The van der Waals surface area contributed by atoms with Gasteiger partial charge in [-0.2, -0.15) is 17.5 Å². The number of sulfonamides is 1. The van der Waals surface area contributed by atoms with Crippen LogP contribution >= 0.6 is 0 Å². The Bertz CT molecular complexity index is 570. The third-order valence-electron chi connectivity index (χ3n) is 3.74. The molecule has 1 rings (SSSR count). The normalized spacial score (nSPS) is 19.4. The van der Waals surface area contributed by atoms with Crippen LogP contribution in [0, 0.1) is 0 Å². The molecule has 134 valence electrons. The van der Waals surface area contributed by atoms with Crippen molar-refractivity contribution >= 4 is 21.9 Å². The zero-order chi connectivity index (χ0) is 18.1. The summed E-state index contributed by atoms with van der Waals surface area (Å²) in [7, 11) is -1.16. The molecule has 12 heteroatoms. The third kappa shape index (κ3) is 4.32. The number of nitrogens with one attached hydrogen (secondary N) is 1. The summed E-state index contributed by atoms with van der Waals surface area (Å²) in [5.41, 5.74) is -1.44. The van der Waals surface area contributed by atoms with Crippen LogP contribution in [0.1, 0.15) is 12.8 Å². The number of hydrogen-bond acceptors (Lipinski definition) is 6. The fraction of sp³-hybridized carbons (Fsp3) is 0.818. The molecule has 0 atom stereocenters. The van der Waals surface area contributed by atoms with Crippen molar-refractivity contribution in [1.29, 1.82) is 0 Å². The average Bonchev–Trinajstić information content (AvgIpc) is 2.44. The lowest BCUT2D eigenvalue weighted by atomic mass is 9.87. The third-order valence-corrected chi connectivity index (χ3v) is 5.09. The summed E-state index contributed by atoms with van der Waals surface area (Å²) in [6, 6.07) is 0. The highest BCUT2D eigenvalue weighted by Crippen LogP contribution is 2.31. The Kier molecular flexibility index (Phi) is 5.65. The van der Waals surface area contributed by atoms with Gasteiger partial charge in [-0.1, -0.05) is 0 Å². The van der Waals surface area contributed by atoms with Gasteiger partial charge < -0.3 is 10.2 Å². The van der Waals surface area contributed by atoms with Crippen LogP contribution < -0.4 is 5.32 Å². The number of hydroxylamine groups is 2. The van der Waals surface area contributed by atoms with Crippen molar-refractivity contribution in [2.45, 2.75) is 24.6 Å². The van der Waals surface area contributed by atoms with E-state index in [1.54, 1.807) is 0 Å². The second-order valence-electron chi connectivity index (χ2n) is 5.15. The minimum atomic E-state index is -5.13. The van der Waals surface area contributed by atoms with Crippen LogP contribution in [-0.2, 0) is 24.4 Å². The quantitative estimate of drug-likeness (QED) is 0.724. The SMILES string of the molecule is CNC(=O)C1(N(C)S(C)(=O)=O)CCN(OC(=O)C(F)(F)F)CC1. The van der Waals surface area contributed by atoms with Crippen molar-refractivity contribution in [3.8, 4) is 0 Å². The van der Waals surface area contributed by atoms with E-state index >= 15 is 0 Å². The molecular weight excluding hydrogens is 343 g/mol. The monoisotopic (exact) mass is 361 g/mol. The molecule has 0 spiro atoms. The lowest BCUT2D eigenvalue weighted by Crippen LogP contribution is -2.63. The molecule has 0 unspecified atom stereocenters. The number of halogens is 3. The van der Waals surface area contributed by atoms with Crippen LogP contribution in [0.3, 0.4) is 0 Å². The van der Waals surface area contributed by atoms with E-state index in [4.69, 9.17) is 0 Å². The van der Waals surface area contributed by atoms with Gasteiger partial charge in [0.05, 0.1) is 6.26 Å². The Morgan fingerprint density at radius 2 is 1.74 bits per heavy atom. The summed E-state index contributed by atoms with van der Waals surface area (Å²) in [4.78, 5) is 27.1. The van der Waals surface area contributed by atoms with Crippen LogP contribution in [0.25, 0.3) is 0 Å². The Balaban J connectivity index is 2.90. The summed E-state index contributed by atoms with van der Waals surface area (Å²) < 4.78 is 60.9. The second kappa shape index (κ2) is 6.61. The van der Waals surface area contributed by atoms with Gasteiger partial charge in [0.15, 0.2) is 0 Å². The summed E-state index contributed by atoms with van der Waals surface area (Å²) in [6.07, 6.45) is -4.45. The van der Waals surface area contributed by atoms with E-state index in [-0.39, 0.29) is 25.9 Å². The van der Waals surface area contributed by atoms with Gasteiger partial charge in [-0.05, 0) is 12.8 Å². The standard InChI is InChI=1S/C11H18F3N3O5S/c1-15-8(18)10(16(2)23(3,20)21)4-6-17(7-5-10)22-9(19)11(12,13)14/h4-7H2,1-3H3,(H,15,18). The molecule has 8 nitrogen and oxygen atoms in total. The van der Waals surface area contributed by atoms with Gasteiger partial charge in [-0.3, -0.25) is 4.79 Å². The molecule has 0 bridgehead atoms. The van der Waals surface area contributed by atoms with Crippen LogP contribution in [0.4, 0.5) is 13.2 Å². The maximum atomic E-state index is 12.2. The van der Waals surface area contributed by atoms with Crippen molar-refractivity contribution in [1.82, 2.24) is 14.7 Å². The van der Waals surface area contributed by atoms with E-state index < -0.39 is 33.6 Å². The molecule has 1 saturated heterocycles. The molecule has 0 saturated carbocycles. The van der Waals surface area contributed by atoms with Crippen molar-refractivity contribution in [3.05, 3.63) is 0 Å². The first kappa shape index (κ1) is 19.6. The fourth-order valence-electron chi connectivity index (χ4n) is 2.35. The predicted molar refractivity (Wildman–Crippen MR) is 72.4 cm³/mol. The van der Waals surface area contributed by atoms with Crippen LogP contribution in [-0.4, -0.2) is 74.8 Å². The van der Waals surface area contributed by atoms with Crippen LogP contribution in [0.2, 0.25) is 0 Å². The molecule has 1 amide bonds. The van der Waals surface area contributed by atoms with E-state index in [1.807, 2.05) is 0 Å². The first-order chi connectivity index (χ1) is 10.3. The molecule has 23 heavy (non-hydrogen) atoms. The summed E-state index contributed by atoms with van der Waals surface area (Å²) in [5.74, 6) is -2.94. The molecule has 1 fully saturated rings. The van der Waals surface area contributed by atoms with Crippen molar-refractivity contribution < 1.29 is 36.0 Å². The number of hydrogen-bond donors (Lipinski definition) is 1. The van der Waals surface area contributed by atoms with E-state index in [2.05, 4.69) is 10.2 Å². The molecule has 1 heterocycles. The number of carbonyl (C=O) groups excluding carboxylic acids is 2. The van der Waals surface area contributed by atoms with E-state index in [9.17, 15) is 31.2 Å². The Labute approximate surface area is 131 Å². The number of alkyl halides is 3. The molecular formula is C11H18F3N3O5S. The Morgan fingerprint density at radius 3 is 2.09 bits per heavy atom. The molecule has 0 aromatic carbocycles. The highest BCUT2D eigenvalue weighted by Gasteiger charge is 2.49. The lowest BCUT2D eigenvalue weighted by Gasteiger charge is -2.43. The summed E-state index contributed by atoms with van der Waals surface area (Å²) in [5, 5.41) is 3.13. The zero-order valence-electron chi connectivity index (χ0n) is 12.8. The smallest absolute Gasteiger partial charge is 0.361 e. The van der Waals surface area contributed by atoms with Gasteiger partial charge in [0.25, 0.3) is 0 Å². The first-order valence-corrected chi connectivity index (χ1v) is 8.39. The molecule has 0 aromatic heterocycles. The van der Waals surface area contributed by atoms with E-state index in [0.29, 0.717) is 0 Å². The summed E-state index contributed by atoms with van der Waals surface area (Å²) >= 11 is 0. The molecule has 1 aliphatic rings. The number of amides is 1. The summed E-state index contributed by atoms with van der Waals surface area (Å²) in [6.45, 7) is -0.426. The van der Waals surface area contributed by atoms with Gasteiger partial charge >= 0.3 is 12.1 Å². The maximum Gasteiger partial charge on any atom is 0.492 e. The topological polar surface area (TPSA) is 96.0 Å². The first-order valence-electron chi connectivity index (χ1n) is 6.55. The fourth-order valence-corrected chi connectivity index (χ4v) is 3.25. The number of likely N-dealkylation sites (N-methyl/N-ethyl adjacent to an activating group) is 2. The van der Waals surface area contributed by atoms with Crippen molar-refractivity contribution in [2.75, 3.05) is 33.4 Å². The highest BCUT2D eigenvalue weighted by atomic mass is 32.2. The number of rotatable bonds is 4. The highest BCUT2D eigenvalue weighted by molar-refractivity contribution is 7.88. The van der Waals surface area contributed by atoms with E-state index in [0.717, 1.165) is 15.6 Å².